The summed E-state index contributed by atoms with van der Waals surface area (Å²) < 4.78 is 9.09. The van der Waals surface area contributed by atoms with Gasteiger partial charge in [-0.1, -0.05) is 4.49 Å². The number of carbonyl (C=O) groups is 1. The summed E-state index contributed by atoms with van der Waals surface area (Å²) in [5.41, 5.74) is 0.431. The van der Waals surface area contributed by atoms with Crippen LogP contribution in [-0.2, 0) is 4.74 Å². The van der Waals surface area contributed by atoms with Crippen LogP contribution in [0.15, 0.2) is 6.20 Å². The van der Waals surface area contributed by atoms with Gasteiger partial charge in [-0.05, 0) is 17.6 Å². The minimum atomic E-state index is -0.0644. The fourth-order valence-corrected chi connectivity index (χ4v) is 2.14. The number of amides is 1. The number of ether oxygens (including phenoxy) is 1. The first-order valence-electron chi connectivity index (χ1n) is 5.72. The number of rotatable bonds is 3. The Labute approximate surface area is 110 Å². The Morgan fingerprint density at radius 3 is 2.83 bits per heavy atom. The molecule has 2 rings (SSSR count). The number of aromatic nitrogens is 2. The molecule has 1 aliphatic rings. The molecule has 1 aliphatic heterocycles. The summed E-state index contributed by atoms with van der Waals surface area (Å²) in [6.07, 6.45) is 3.74. The van der Waals surface area contributed by atoms with Crippen molar-refractivity contribution < 1.29 is 9.53 Å². The molecule has 1 aromatic heterocycles. The van der Waals surface area contributed by atoms with Gasteiger partial charge in [0.25, 0.3) is 5.91 Å². The van der Waals surface area contributed by atoms with Gasteiger partial charge < -0.3 is 14.5 Å². The molecule has 0 bridgehead atoms. The largest absolute Gasteiger partial charge is 0.383 e. The van der Waals surface area contributed by atoms with E-state index in [9.17, 15) is 4.79 Å². The molecule has 18 heavy (non-hydrogen) atoms. The average molecular weight is 268 g/mol. The van der Waals surface area contributed by atoms with Crippen LogP contribution in [0.25, 0.3) is 6.08 Å². The number of nitrogens with zero attached hydrogens (tertiary/aromatic N) is 4. The molecule has 0 saturated carbocycles. The van der Waals surface area contributed by atoms with E-state index in [1.165, 1.54) is 11.5 Å². The van der Waals surface area contributed by atoms with E-state index in [2.05, 4.69) is 9.59 Å². The molecule has 0 spiro atoms. The Morgan fingerprint density at radius 1 is 1.44 bits per heavy atom. The van der Waals surface area contributed by atoms with Crippen LogP contribution >= 0.6 is 11.5 Å². The highest BCUT2D eigenvalue weighted by Gasteiger charge is 2.23. The zero-order chi connectivity index (χ0) is 13.0. The Hall–Kier alpha value is -1.47. The molecular formula is C11H16N4O2S. The first-order valence-corrected chi connectivity index (χ1v) is 6.50. The van der Waals surface area contributed by atoms with Gasteiger partial charge in [-0.3, -0.25) is 4.79 Å². The molecule has 2 heterocycles. The summed E-state index contributed by atoms with van der Waals surface area (Å²) in [7, 11) is 3.85. The smallest absolute Gasteiger partial charge is 0.276 e. The molecule has 7 heteroatoms. The van der Waals surface area contributed by atoms with Crippen LogP contribution in [0.3, 0.4) is 0 Å². The molecule has 6 nitrogen and oxygen atoms in total. The van der Waals surface area contributed by atoms with Crippen LogP contribution in [0.4, 0.5) is 0 Å². The minimum Gasteiger partial charge on any atom is -0.383 e. The van der Waals surface area contributed by atoms with Gasteiger partial charge in [0.05, 0.1) is 18.1 Å². The summed E-state index contributed by atoms with van der Waals surface area (Å²) in [6, 6.07) is 0. The average Bonchev–Trinajstić information content (AvgIpc) is 2.85. The van der Waals surface area contributed by atoms with E-state index in [0.29, 0.717) is 32.0 Å². The van der Waals surface area contributed by atoms with Gasteiger partial charge in [-0.2, -0.15) is 0 Å². The second-order valence-corrected chi connectivity index (χ2v) is 4.96. The summed E-state index contributed by atoms with van der Waals surface area (Å²) in [5, 5.41) is 3.94. The highest BCUT2D eigenvalue weighted by Crippen LogP contribution is 2.15. The standard InChI is InChI=1S/C11H16N4O2S/c1-14(2)4-3-9-10(12-13-18-9)11(16)15-5-7-17-8-6-15/h3-4H,5-8H2,1-2H3/b4-3+. The summed E-state index contributed by atoms with van der Waals surface area (Å²) >= 11 is 1.23. The van der Waals surface area contributed by atoms with Crippen molar-refractivity contribution in [3.63, 3.8) is 0 Å². The topological polar surface area (TPSA) is 58.6 Å². The van der Waals surface area contributed by atoms with Crippen molar-refractivity contribution in [2.75, 3.05) is 40.4 Å². The Morgan fingerprint density at radius 2 is 2.17 bits per heavy atom. The van der Waals surface area contributed by atoms with Gasteiger partial charge in [0, 0.05) is 33.4 Å². The van der Waals surface area contributed by atoms with E-state index >= 15 is 0 Å². The number of hydrogen-bond acceptors (Lipinski definition) is 6. The van der Waals surface area contributed by atoms with Crippen LogP contribution in [0, 0.1) is 0 Å². The van der Waals surface area contributed by atoms with E-state index < -0.39 is 0 Å². The number of carbonyl (C=O) groups excluding carboxylic acids is 1. The zero-order valence-electron chi connectivity index (χ0n) is 10.5. The first kappa shape index (κ1) is 13.0. The van der Waals surface area contributed by atoms with Crippen LogP contribution in [0.5, 0.6) is 0 Å². The van der Waals surface area contributed by atoms with Gasteiger partial charge in [0.2, 0.25) is 0 Å². The molecular weight excluding hydrogens is 252 g/mol. The van der Waals surface area contributed by atoms with Crippen LogP contribution in [-0.4, -0.2) is 65.7 Å². The van der Waals surface area contributed by atoms with Gasteiger partial charge in [0.15, 0.2) is 5.69 Å². The Bertz CT molecular complexity index is 438. The van der Waals surface area contributed by atoms with Crippen molar-refractivity contribution in [1.29, 1.82) is 0 Å². The van der Waals surface area contributed by atoms with Crippen molar-refractivity contribution in [2.45, 2.75) is 0 Å². The van der Waals surface area contributed by atoms with E-state index in [1.807, 2.05) is 31.3 Å². The fraction of sp³-hybridized carbons (Fsp3) is 0.545. The summed E-state index contributed by atoms with van der Waals surface area (Å²) in [6.45, 7) is 2.42. The van der Waals surface area contributed by atoms with E-state index in [4.69, 9.17) is 4.74 Å². The third-order valence-corrected chi connectivity index (χ3v) is 3.23. The fourth-order valence-electron chi connectivity index (χ4n) is 1.59. The van der Waals surface area contributed by atoms with Crippen molar-refractivity contribution in [2.24, 2.45) is 0 Å². The van der Waals surface area contributed by atoms with Crippen LogP contribution < -0.4 is 0 Å². The normalized spacial score (nSPS) is 16.2. The maximum atomic E-state index is 12.3. The van der Waals surface area contributed by atoms with E-state index in [1.54, 1.807) is 4.90 Å². The lowest BCUT2D eigenvalue weighted by atomic mass is 10.3. The molecule has 1 amide bonds. The van der Waals surface area contributed by atoms with Crippen molar-refractivity contribution in [3.8, 4) is 0 Å². The van der Waals surface area contributed by atoms with E-state index in [0.717, 1.165) is 4.88 Å². The van der Waals surface area contributed by atoms with Gasteiger partial charge in [0.1, 0.15) is 0 Å². The third kappa shape index (κ3) is 3.05. The lowest BCUT2D eigenvalue weighted by Crippen LogP contribution is -2.41. The first-order chi connectivity index (χ1) is 8.68. The highest BCUT2D eigenvalue weighted by molar-refractivity contribution is 7.06. The zero-order valence-corrected chi connectivity index (χ0v) is 11.3. The quantitative estimate of drug-likeness (QED) is 0.801. The second-order valence-electron chi connectivity index (χ2n) is 4.17. The Kier molecular flexibility index (Phi) is 4.27. The van der Waals surface area contributed by atoms with Crippen LogP contribution in [0.1, 0.15) is 15.4 Å². The van der Waals surface area contributed by atoms with Crippen molar-refractivity contribution in [3.05, 3.63) is 16.8 Å². The van der Waals surface area contributed by atoms with Gasteiger partial charge in [-0.15, -0.1) is 5.10 Å². The third-order valence-electron chi connectivity index (χ3n) is 2.54. The molecule has 0 atom stereocenters. The monoisotopic (exact) mass is 268 g/mol. The van der Waals surface area contributed by atoms with Crippen LogP contribution in [0.2, 0.25) is 0 Å². The lowest BCUT2D eigenvalue weighted by molar-refractivity contribution is 0.0299. The predicted molar refractivity (Wildman–Crippen MR) is 69.4 cm³/mol. The summed E-state index contributed by atoms with van der Waals surface area (Å²) in [5.74, 6) is -0.0644. The molecule has 1 aromatic rings. The lowest BCUT2D eigenvalue weighted by Gasteiger charge is -2.26. The molecule has 1 saturated heterocycles. The predicted octanol–water partition coefficient (Wildman–Crippen LogP) is 0.543. The number of hydrogen-bond donors (Lipinski definition) is 0. The van der Waals surface area contributed by atoms with Gasteiger partial charge >= 0.3 is 0 Å². The molecule has 0 aliphatic carbocycles. The SMILES string of the molecule is CN(C)/C=C/c1snnc1C(=O)N1CCOCC1. The van der Waals surface area contributed by atoms with Crippen molar-refractivity contribution >= 4 is 23.5 Å². The maximum Gasteiger partial charge on any atom is 0.276 e. The number of morpholine rings is 1. The molecule has 0 N–H and O–H groups in total. The second kappa shape index (κ2) is 5.92. The van der Waals surface area contributed by atoms with E-state index in [-0.39, 0.29) is 5.91 Å². The molecule has 1 fully saturated rings. The van der Waals surface area contributed by atoms with Crippen molar-refractivity contribution in [1.82, 2.24) is 19.4 Å². The highest BCUT2D eigenvalue weighted by atomic mass is 32.1. The molecule has 0 radical (unpaired) electrons. The maximum absolute atomic E-state index is 12.3. The van der Waals surface area contributed by atoms with Gasteiger partial charge in [-0.25, -0.2) is 0 Å². The molecule has 0 aromatic carbocycles. The minimum absolute atomic E-state index is 0.0644. The molecule has 98 valence electrons. The summed E-state index contributed by atoms with van der Waals surface area (Å²) in [4.78, 5) is 16.7. The molecule has 0 unspecified atom stereocenters. The Balaban J connectivity index is 2.12.